The lowest BCUT2D eigenvalue weighted by molar-refractivity contribution is -0.128. The average Bonchev–Trinajstić information content (AvgIpc) is 2.39. The summed E-state index contributed by atoms with van der Waals surface area (Å²) in [4.78, 5) is 23.5. The number of nitrogens with one attached hydrogen (secondary N) is 2. The van der Waals surface area contributed by atoms with Gasteiger partial charge in [-0.05, 0) is 36.7 Å². The third-order valence-corrected chi connectivity index (χ3v) is 3.61. The number of hydrogen-bond donors (Lipinski definition) is 2. The van der Waals surface area contributed by atoms with Crippen LogP contribution < -0.4 is 16.2 Å². The van der Waals surface area contributed by atoms with Crippen LogP contribution in [0.3, 0.4) is 0 Å². The second-order valence-electron chi connectivity index (χ2n) is 4.81. The SMILES string of the molecule is CCn1ncc(NCC(C)(C)C(=O)NC)c(Br)c1=O. The Bertz CT molecular complexity index is 525. The number of hydrogen-bond acceptors (Lipinski definition) is 4. The van der Waals surface area contributed by atoms with E-state index in [2.05, 4.69) is 31.7 Å². The fraction of sp³-hybridized carbons (Fsp3) is 0.583. The van der Waals surface area contributed by atoms with Crippen LogP contribution in [0.5, 0.6) is 0 Å². The van der Waals surface area contributed by atoms with E-state index in [0.717, 1.165) is 0 Å². The molecule has 1 aromatic heterocycles. The van der Waals surface area contributed by atoms with Gasteiger partial charge in [-0.3, -0.25) is 9.59 Å². The predicted octanol–water partition coefficient (Wildman–Crippen LogP) is 1.21. The van der Waals surface area contributed by atoms with Crippen LogP contribution in [0.2, 0.25) is 0 Å². The van der Waals surface area contributed by atoms with Crippen molar-refractivity contribution in [3.05, 3.63) is 21.0 Å². The van der Waals surface area contributed by atoms with Crippen LogP contribution in [0.25, 0.3) is 0 Å². The number of nitrogens with zero attached hydrogens (tertiary/aromatic N) is 2. The van der Waals surface area contributed by atoms with Crippen LogP contribution in [0.1, 0.15) is 20.8 Å². The first-order valence-electron chi connectivity index (χ1n) is 6.05. The number of carbonyl (C=O) groups is 1. The van der Waals surface area contributed by atoms with Gasteiger partial charge in [-0.1, -0.05) is 0 Å². The van der Waals surface area contributed by atoms with E-state index in [9.17, 15) is 9.59 Å². The second kappa shape index (κ2) is 6.18. The summed E-state index contributed by atoms with van der Waals surface area (Å²) in [5.74, 6) is -0.0639. The normalized spacial score (nSPS) is 11.2. The minimum Gasteiger partial charge on any atom is -0.382 e. The van der Waals surface area contributed by atoms with Crippen LogP contribution in [0.15, 0.2) is 15.5 Å². The largest absolute Gasteiger partial charge is 0.382 e. The first kappa shape index (κ1) is 15.7. The van der Waals surface area contributed by atoms with E-state index in [1.807, 2.05) is 20.8 Å². The van der Waals surface area contributed by atoms with E-state index >= 15 is 0 Å². The Labute approximate surface area is 120 Å². The van der Waals surface area contributed by atoms with Gasteiger partial charge in [-0.2, -0.15) is 5.10 Å². The molecule has 0 aliphatic carbocycles. The van der Waals surface area contributed by atoms with E-state index in [-0.39, 0.29) is 11.5 Å². The number of carbonyl (C=O) groups excluding carboxylic acids is 1. The molecule has 0 fully saturated rings. The third-order valence-electron chi connectivity index (χ3n) is 2.85. The topological polar surface area (TPSA) is 76.0 Å². The van der Waals surface area contributed by atoms with Gasteiger partial charge in [0.25, 0.3) is 5.56 Å². The maximum absolute atomic E-state index is 11.9. The maximum atomic E-state index is 11.9. The van der Waals surface area contributed by atoms with Gasteiger partial charge < -0.3 is 10.6 Å². The molecule has 0 radical (unpaired) electrons. The van der Waals surface area contributed by atoms with Crippen molar-refractivity contribution in [1.29, 1.82) is 0 Å². The standard InChI is InChI=1S/C12H19BrN4O2/c1-5-17-10(18)9(13)8(6-16-17)15-7-12(2,3)11(19)14-4/h6,15H,5,7H2,1-4H3,(H,14,19). The number of aromatic nitrogens is 2. The lowest BCUT2D eigenvalue weighted by Crippen LogP contribution is -2.39. The summed E-state index contributed by atoms with van der Waals surface area (Å²) in [5, 5.41) is 9.73. The minimum atomic E-state index is -0.576. The molecule has 0 aromatic carbocycles. The fourth-order valence-electron chi connectivity index (χ4n) is 1.55. The molecule has 6 nitrogen and oxygen atoms in total. The van der Waals surface area contributed by atoms with Gasteiger partial charge >= 0.3 is 0 Å². The Balaban J connectivity index is 2.88. The Morgan fingerprint density at radius 2 is 2.16 bits per heavy atom. The molecule has 1 amide bonds. The van der Waals surface area contributed by atoms with Crippen LogP contribution in [0.4, 0.5) is 5.69 Å². The predicted molar refractivity (Wildman–Crippen MR) is 78.2 cm³/mol. The molecule has 0 unspecified atom stereocenters. The van der Waals surface area contributed by atoms with E-state index in [1.54, 1.807) is 13.2 Å². The van der Waals surface area contributed by atoms with Crippen molar-refractivity contribution >= 4 is 27.5 Å². The van der Waals surface area contributed by atoms with Crippen molar-refractivity contribution in [3.63, 3.8) is 0 Å². The summed E-state index contributed by atoms with van der Waals surface area (Å²) >= 11 is 3.26. The van der Waals surface area contributed by atoms with E-state index in [1.165, 1.54) is 4.68 Å². The molecule has 0 atom stereocenters. The first-order valence-corrected chi connectivity index (χ1v) is 6.84. The van der Waals surface area contributed by atoms with Crippen molar-refractivity contribution in [3.8, 4) is 0 Å². The van der Waals surface area contributed by atoms with Gasteiger partial charge in [0.1, 0.15) is 4.47 Å². The molecule has 7 heteroatoms. The summed E-state index contributed by atoms with van der Waals surface area (Å²) in [7, 11) is 1.60. The van der Waals surface area contributed by atoms with Gasteiger partial charge in [-0.15, -0.1) is 0 Å². The van der Waals surface area contributed by atoms with E-state index in [0.29, 0.717) is 23.2 Å². The highest BCUT2D eigenvalue weighted by atomic mass is 79.9. The molecule has 1 rings (SSSR count). The molecule has 0 aliphatic heterocycles. The molecule has 0 saturated heterocycles. The molecule has 0 saturated carbocycles. The van der Waals surface area contributed by atoms with Crippen molar-refractivity contribution in [2.45, 2.75) is 27.3 Å². The fourth-order valence-corrected chi connectivity index (χ4v) is 2.00. The van der Waals surface area contributed by atoms with Crippen LogP contribution in [0, 0.1) is 5.41 Å². The Kier molecular flexibility index (Phi) is 5.11. The van der Waals surface area contributed by atoms with Crippen LogP contribution >= 0.6 is 15.9 Å². The van der Waals surface area contributed by atoms with Crippen molar-refractivity contribution in [1.82, 2.24) is 15.1 Å². The van der Waals surface area contributed by atoms with Crippen molar-refractivity contribution in [2.24, 2.45) is 5.41 Å². The molecular formula is C12H19BrN4O2. The highest BCUT2D eigenvalue weighted by molar-refractivity contribution is 9.10. The molecule has 1 aromatic rings. The number of amides is 1. The second-order valence-corrected chi connectivity index (χ2v) is 5.60. The quantitative estimate of drug-likeness (QED) is 0.850. The van der Waals surface area contributed by atoms with Gasteiger partial charge in [0.05, 0.1) is 17.3 Å². The first-order chi connectivity index (χ1) is 8.83. The van der Waals surface area contributed by atoms with Crippen LogP contribution in [-0.2, 0) is 11.3 Å². The van der Waals surface area contributed by atoms with Gasteiger partial charge in [-0.25, -0.2) is 4.68 Å². The van der Waals surface area contributed by atoms with Gasteiger partial charge in [0.2, 0.25) is 5.91 Å². The smallest absolute Gasteiger partial charge is 0.283 e. The minimum absolute atomic E-state index is 0.0639. The zero-order valence-electron chi connectivity index (χ0n) is 11.6. The Morgan fingerprint density at radius 3 is 2.68 bits per heavy atom. The zero-order valence-corrected chi connectivity index (χ0v) is 13.2. The van der Waals surface area contributed by atoms with Crippen molar-refractivity contribution in [2.75, 3.05) is 18.9 Å². The van der Waals surface area contributed by atoms with Gasteiger partial charge in [0, 0.05) is 20.1 Å². The number of aryl methyl sites for hydroxylation is 1. The molecule has 0 bridgehead atoms. The maximum Gasteiger partial charge on any atom is 0.283 e. The zero-order chi connectivity index (χ0) is 14.6. The van der Waals surface area contributed by atoms with E-state index < -0.39 is 5.41 Å². The van der Waals surface area contributed by atoms with E-state index in [4.69, 9.17) is 0 Å². The number of halogens is 1. The highest BCUT2D eigenvalue weighted by Crippen LogP contribution is 2.20. The van der Waals surface area contributed by atoms with Crippen LogP contribution in [-0.4, -0.2) is 29.3 Å². The number of rotatable bonds is 5. The molecule has 1 heterocycles. The number of anilines is 1. The average molecular weight is 331 g/mol. The monoisotopic (exact) mass is 330 g/mol. The highest BCUT2D eigenvalue weighted by Gasteiger charge is 2.26. The molecule has 0 spiro atoms. The Morgan fingerprint density at radius 1 is 1.53 bits per heavy atom. The molecule has 0 aliphatic rings. The Hall–Kier alpha value is -1.37. The molecular weight excluding hydrogens is 312 g/mol. The summed E-state index contributed by atoms with van der Waals surface area (Å²) in [6.07, 6.45) is 1.58. The lowest BCUT2D eigenvalue weighted by atomic mass is 9.92. The van der Waals surface area contributed by atoms with Crippen molar-refractivity contribution < 1.29 is 4.79 Å². The summed E-state index contributed by atoms with van der Waals surface area (Å²) in [6.45, 7) is 6.42. The summed E-state index contributed by atoms with van der Waals surface area (Å²) < 4.78 is 1.79. The summed E-state index contributed by atoms with van der Waals surface area (Å²) in [5.41, 5.74) is -0.176. The third kappa shape index (κ3) is 3.56. The lowest BCUT2D eigenvalue weighted by Gasteiger charge is -2.23. The molecule has 106 valence electrons. The summed E-state index contributed by atoms with van der Waals surface area (Å²) in [6, 6.07) is 0. The molecule has 2 N–H and O–H groups in total. The molecule has 19 heavy (non-hydrogen) atoms. The van der Waals surface area contributed by atoms with Gasteiger partial charge in [0.15, 0.2) is 0 Å².